The normalized spacial score (nSPS) is 13.1. The highest BCUT2D eigenvalue weighted by Crippen LogP contribution is 2.36. The monoisotopic (exact) mass is 302 g/mol. The number of nitrogens with zero attached hydrogens (tertiary/aromatic N) is 1. The Labute approximate surface area is 115 Å². The summed E-state index contributed by atoms with van der Waals surface area (Å²) in [6.07, 6.45) is -4.50. The van der Waals surface area contributed by atoms with E-state index in [1.54, 1.807) is 0 Å². The van der Waals surface area contributed by atoms with Crippen molar-refractivity contribution in [2.24, 2.45) is 5.73 Å². The van der Waals surface area contributed by atoms with E-state index in [-0.39, 0.29) is 16.9 Å². The highest BCUT2D eigenvalue weighted by molar-refractivity contribution is 5.80. The molecule has 1 aromatic carbocycles. The molecule has 0 saturated carbocycles. The zero-order chi connectivity index (χ0) is 15.8. The molecule has 112 valence electrons. The van der Waals surface area contributed by atoms with Crippen LogP contribution in [0.15, 0.2) is 28.8 Å². The van der Waals surface area contributed by atoms with E-state index in [9.17, 15) is 23.1 Å². The average molecular weight is 302 g/mol. The van der Waals surface area contributed by atoms with Crippen molar-refractivity contribution in [2.45, 2.75) is 12.2 Å². The van der Waals surface area contributed by atoms with Crippen LogP contribution in [0, 0.1) is 0 Å². The highest BCUT2D eigenvalue weighted by atomic mass is 19.4. The van der Waals surface area contributed by atoms with Crippen molar-refractivity contribution in [2.75, 3.05) is 0 Å². The van der Waals surface area contributed by atoms with Crippen LogP contribution in [0.2, 0.25) is 0 Å². The minimum atomic E-state index is -4.50. The molecule has 0 fully saturated rings. The number of halogens is 3. The summed E-state index contributed by atoms with van der Waals surface area (Å²) >= 11 is 0. The molecule has 4 N–H and O–H groups in total. The number of alkyl halides is 3. The summed E-state index contributed by atoms with van der Waals surface area (Å²) in [4.78, 5) is 10.9. The topological polar surface area (TPSA) is 110 Å². The Morgan fingerprint density at radius 3 is 2.33 bits per heavy atom. The molecule has 1 heterocycles. The van der Waals surface area contributed by atoms with E-state index < -0.39 is 29.6 Å². The first-order chi connectivity index (χ1) is 9.71. The first-order valence-electron chi connectivity index (χ1n) is 5.56. The SMILES string of the molecule is N[C@H](C(=O)O)c1c(O)noc1-c1ccc(C(F)(F)F)cc1. The minimum absolute atomic E-state index is 0.113. The molecule has 0 aliphatic heterocycles. The predicted molar refractivity (Wildman–Crippen MR) is 63.2 cm³/mol. The van der Waals surface area contributed by atoms with Crippen LogP contribution in [0.1, 0.15) is 17.2 Å². The quantitative estimate of drug-likeness (QED) is 0.801. The second-order valence-corrected chi connectivity index (χ2v) is 4.14. The van der Waals surface area contributed by atoms with Crippen molar-refractivity contribution in [3.63, 3.8) is 0 Å². The molecule has 9 heteroatoms. The van der Waals surface area contributed by atoms with Gasteiger partial charge in [0.1, 0.15) is 6.04 Å². The van der Waals surface area contributed by atoms with Crippen LogP contribution in [-0.2, 0) is 11.0 Å². The van der Waals surface area contributed by atoms with Gasteiger partial charge < -0.3 is 20.5 Å². The van der Waals surface area contributed by atoms with Crippen molar-refractivity contribution in [1.29, 1.82) is 0 Å². The lowest BCUT2D eigenvalue weighted by Crippen LogP contribution is -2.20. The van der Waals surface area contributed by atoms with Gasteiger partial charge >= 0.3 is 12.1 Å². The lowest BCUT2D eigenvalue weighted by atomic mass is 10.0. The van der Waals surface area contributed by atoms with Crippen LogP contribution in [0.4, 0.5) is 13.2 Å². The van der Waals surface area contributed by atoms with Gasteiger partial charge in [0.2, 0.25) is 0 Å². The molecule has 2 rings (SSSR count). The number of benzene rings is 1. The van der Waals surface area contributed by atoms with Crippen molar-refractivity contribution in [1.82, 2.24) is 5.16 Å². The number of carboxylic acids is 1. The number of hydrogen-bond donors (Lipinski definition) is 3. The van der Waals surface area contributed by atoms with Crippen LogP contribution in [0.25, 0.3) is 11.3 Å². The first kappa shape index (κ1) is 14.9. The summed E-state index contributed by atoms with van der Waals surface area (Å²) in [5.41, 5.74) is 4.31. The van der Waals surface area contributed by atoms with E-state index in [4.69, 9.17) is 15.4 Å². The van der Waals surface area contributed by atoms with E-state index in [0.29, 0.717) is 0 Å². The Kier molecular flexibility index (Phi) is 3.60. The molecule has 0 saturated heterocycles. The van der Waals surface area contributed by atoms with Crippen LogP contribution in [0.5, 0.6) is 5.88 Å². The van der Waals surface area contributed by atoms with Crippen molar-refractivity contribution >= 4 is 5.97 Å². The van der Waals surface area contributed by atoms with E-state index in [1.807, 2.05) is 0 Å². The summed E-state index contributed by atoms with van der Waals surface area (Å²) in [5.74, 6) is -2.36. The Morgan fingerprint density at radius 2 is 1.86 bits per heavy atom. The highest BCUT2D eigenvalue weighted by Gasteiger charge is 2.31. The lowest BCUT2D eigenvalue weighted by Gasteiger charge is -2.08. The van der Waals surface area contributed by atoms with E-state index in [0.717, 1.165) is 24.3 Å². The van der Waals surface area contributed by atoms with Gasteiger partial charge in [0.25, 0.3) is 5.88 Å². The molecule has 21 heavy (non-hydrogen) atoms. The zero-order valence-electron chi connectivity index (χ0n) is 10.3. The number of aliphatic carboxylic acids is 1. The van der Waals surface area contributed by atoms with Gasteiger partial charge in [0, 0.05) is 5.56 Å². The van der Waals surface area contributed by atoms with Crippen molar-refractivity contribution in [3.8, 4) is 17.2 Å². The Balaban J connectivity index is 2.46. The third-order valence-electron chi connectivity index (χ3n) is 2.76. The largest absolute Gasteiger partial charge is 0.491 e. The standard InChI is InChI=1S/C12H9F3N2O4/c13-12(14,15)6-3-1-5(2-4-6)9-7(8(16)11(19)20)10(18)17-21-9/h1-4,8H,16H2,(H,17,18)(H,19,20)/t8-/m0/s1. The Morgan fingerprint density at radius 1 is 1.29 bits per heavy atom. The van der Waals surface area contributed by atoms with E-state index in [2.05, 4.69) is 5.16 Å². The fraction of sp³-hybridized carbons (Fsp3) is 0.167. The maximum atomic E-state index is 12.5. The molecule has 0 aliphatic rings. The molecule has 0 amide bonds. The maximum Gasteiger partial charge on any atom is 0.416 e. The Hall–Kier alpha value is -2.55. The van der Waals surface area contributed by atoms with Crippen LogP contribution in [-0.4, -0.2) is 21.3 Å². The molecule has 0 aliphatic carbocycles. The summed E-state index contributed by atoms with van der Waals surface area (Å²) in [6.45, 7) is 0. The van der Waals surface area contributed by atoms with Gasteiger partial charge in [-0.25, -0.2) is 0 Å². The molecule has 0 spiro atoms. The van der Waals surface area contributed by atoms with Gasteiger partial charge in [-0.15, -0.1) is 0 Å². The zero-order valence-corrected chi connectivity index (χ0v) is 10.3. The summed E-state index contributed by atoms with van der Waals surface area (Å²) in [6, 6.07) is 2.12. The third-order valence-corrected chi connectivity index (χ3v) is 2.76. The van der Waals surface area contributed by atoms with Crippen LogP contribution < -0.4 is 5.73 Å². The average Bonchev–Trinajstić information content (AvgIpc) is 2.78. The number of aromatic hydroxyl groups is 1. The summed E-state index contributed by atoms with van der Waals surface area (Å²) in [5, 5.41) is 21.5. The second-order valence-electron chi connectivity index (χ2n) is 4.14. The third kappa shape index (κ3) is 2.82. The molecule has 6 nitrogen and oxygen atoms in total. The smallest absolute Gasteiger partial charge is 0.416 e. The summed E-state index contributed by atoms with van der Waals surface area (Å²) in [7, 11) is 0. The molecule has 0 unspecified atom stereocenters. The molecular weight excluding hydrogens is 293 g/mol. The van der Waals surface area contributed by atoms with Gasteiger partial charge in [0.05, 0.1) is 11.1 Å². The fourth-order valence-corrected chi connectivity index (χ4v) is 1.71. The lowest BCUT2D eigenvalue weighted by molar-refractivity contribution is -0.139. The first-order valence-corrected chi connectivity index (χ1v) is 5.56. The number of hydrogen-bond acceptors (Lipinski definition) is 5. The van der Waals surface area contributed by atoms with E-state index >= 15 is 0 Å². The van der Waals surface area contributed by atoms with Gasteiger partial charge in [-0.3, -0.25) is 4.79 Å². The number of carbonyl (C=O) groups is 1. The molecule has 0 bridgehead atoms. The number of nitrogens with two attached hydrogens (primary N) is 1. The van der Waals surface area contributed by atoms with E-state index in [1.165, 1.54) is 0 Å². The van der Waals surface area contributed by atoms with Crippen LogP contribution >= 0.6 is 0 Å². The number of carboxylic acid groups (broad SMARTS) is 1. The number of rotatable bonds is 3. The minimum Gasteiger partial charge on any atom is -0.491 e. The molecule has 0 radical (unpaired) electrons. The molecule has 1 aromatic heterocycles. The van der Waals surface area contributed by atoms with Gasteiger partial charge in [-0.05, 0) is 17.3 Å². The Bertz CT molecular complexity index is 664. The van der Waals surface area contributed by atoms with Crippen LogP contribution in [0.3, 0.4) is 0 Å². The van der Waals surface area contributed by atoms with Gasteiger partial charge in [-0.1, -0.05) is 12.1 Å². The second kappa shape index (κ2) is 5.09. The maximum absolute atomic E-state index is 12.5. The van der Waals surface area contributed by atoms with Crippen molar-refractivity contribution in [3.05, 3.63) is 35.4 Å². The number of aromatic nitrogens is 1. The molecule has 1 atom stereocenters. The summed E-state index contributed by atoms with van der Waals surface area (Å²) < 4.78 is 42.2. The molecular formula is C12H9F3N2O4. The molecule has 2 aromatic rings. The fourth-order valence-electron chi connectivity index (χ4n) is 1.71. The van der Waals surface area contributed by atoms with Gasteiger partial charge in [0.15, 0.2) is 5.76 Å². The predicted octanol–water partition coefficient (Wildman–Crippen LogP) is 2.15. The van der Waals surface area contributed by atoms with Gasteiger partial charge in [-0.2, -0.15) is 13.2 Å². The van der Waals surface area contributed by atoms with Crippen molar-refractivity contribution < 1.29 is 32.7 Å².